The van der Waals surface area contributed by atoms with E-state index in [-0.39, 0.29) is 18.5 Å². The predicted molar refractivity (Wildman–Crippen MR) is 128 cm³/mol. The molecule has 2 heterocycles. The van der Waals surface area contributed by atoms with E-state index in [1.165, 1.54) is 4.31 Å². The molecule has 34 heavy (non-hydrogen) atoms. The lowest BCUT2D eigenvalue weighted by atomic mass is 9.98. The number of hydrogen-bond acceptors (Lipinski definition) is 7. The maximum absolute atomic E-state index is 13.6. The van der Waals surface area contributed by atoms with Crippen LogP contribution >= 0.6 is 11.6 Å². The topological polar surface area (TPSA) is 85.4 Å². The van der Waals surface area contributed by atoms with Crippen molar-refractivity contribution < 1.29 is 27.5 Å². The molecule has 2 aromatic rings. The SMILES string of the molecule is CCOC(=O)C1CCN(S(=O)(=O)C2CON(C)C2c2cccc(Oc3ccc(Cl)cc3)c2)CC1. The summed E-state index contributed by atoms with van der Waals surface area (Å²) in [5.74, 6) is 0.711. The predicted octanol–water partition coefficient (Wildman–Crippen LogP) is 4.02. The molecule has 0 aromatic heterocycles. The number of halogens is 1. The summed E-state index contributed by atoms with van der Waals surface area (Å²) in [5, 5.41) is 1.43. The number of carbonyl (C=O) groups is 1. The Morgan fingerprint density at radius 3 is 2.50 bits per heavy atom. The van der Waals surface area contributed by atoms with Gasteiger partial charge in [-0.25, -0.2) is 12.7 Å². The van der Waals surface area contributed by atoms with Crippen molar-refractivity contribution >= 4 is 27.6 Å². The highest BCUT2D eigenvalue weighted by Gasteiger charge is 2.46. The second kappa shape index (κ2) is 10.6. The summed E-state index contributed by atoms with van der Waals surface area (Å²) < 4.78 is 39.7. The smallest absolute Gasteiger partial charge is 0.309 e. The second-order valence-electron chi connectivity index (χ2n) is 8.42. The van der Waals surface area contributed by atoms with Crippen molar-refractivity contribution in [2.24, 2.45) is 5.92 Å². The summed E-state index contributed by atoms with van der Waals surface area (Å²) in [6, 6.07) is 13.9. The lowest BCUT2D eigenvalue weighted by molar-refractivity contribution is -0.149. The minimum absolute atomic E-state index is 0.0591. The molecule has 2 aliphatic heterocycles. The quantitative estimate of drug-likeness (QED) is 0.522. The van der Waals surface area contributed by atoms with E-state index in [0.29, 0.717) is 49.1 Å². The van der Waals surface area contributed by atoms with Gasteiger partial charge in [-0.1, -0.05) is 23.7 Å². The summed E-state index contributed by atoms with van der Waals surface area (Å²) in [7, 11) is -1.93. The zero-order valence-corrected chi connectivity index (χ0v) is 20.8. The van der Waals surface area contributed by atoms with Crippen molar-refractivity contribution in [2.75, 3.05) is 33.4 Å². The summed E-state index contributed by atoms with van der Waals surface area (Å²) in [6.07, 6.45) is 0.910. The van der Waals surface area contributed by atoms with Crippen LogP contribution in [0.25, 0.3) is 0 Å². The van der Waals surface area contributed by atoms with E-state index < -0.39 is 21.3 Å². The van der Waals surface area contributed by atoms with Gasteiger partial charge in [0.2, 0.25) is 10.0 Å². The zero-order valence-electron chi connectivity index (χ0n) is 19.2. The molecule has 184 valence electrons. The Kier molecular flexibility index (Phi) is 7.79. The van der Waals surface area contributed by atoms with E-state index in [9.17, 15) is 13.2 Å². The van der Waals surface area contributed by atoms with Crippen molar-refractivity contribution in [3.8, 4) is 11.5 Å². The Morgan fingerprint density at radius 1 is 1.12 bits per heavy atom. The molecule has 0 radical (unpaired) electrons. The van der Waals surface area contributed by atoms with Crippen molar-refractivity contribution in [3.63, 3.8) is 0 Å². The average Bonchev–Trinajstić information content (AvgIpc) is 3.23. The highest BCUT2D eigenvalue weighted by molar-refractivity contribution is 7.89. The van der Waals surface area contributed by atoms with E-state index in [4.69, 9.17) is 25.9 Å². The van der Waals surface area contributed by atoms with Gasteiger partial charge in [0.25, 0.3) is 0 Å². The first-order valence-corrected chi connectivity index (χ1v) is 13.2. The number of hydrogen-bond donors (Lipinski definition) is 0. The molecule has 2 aromatic carbocycles. The zero-order chi connectivity index (χ0) is 24.3. The van der Waals surface area contributed by atoms with Gasteiger partial charge < -0.3 is 9.47 Å². The van der Waals surface area contributed by atoms with Gasteiger partial charge in [-0.15, -0.1) is 0 Å². The van der Waals surface area contributed by atoms with Gasteiger partial charge in [0, 0.05) is 25.2 Å². The van der Waals surface area contributed by atoms with Crippen LogP contribution in [0.4, 0.5) is 0 Å². The number of carbonyl (C=O) groups excluding carboxylic acids is 1. The van der Waals surface area contributed by atoms with E-state index in [0.717, 1.165) is 5.56 Å². The van der Waals surface area contributed by atoms with Crippen LogP contribution in [0.2, 0.25) is 5.02 Å². The summed E-state index contributed by atoms with van der Waals surface area (Å²) in [4.78, 5) is 17.7. The van der Waals surface area contributed by atoms with Crippen LogP contribution in [-0.2, 0) is 24.4 Å². The Balaban J connectivity index is 1.50. The summed E-state index contributed by atoms with van der Waals surface area (Å²) >= 11 is 5.94. The number of benzene rings is 2. The lowest BCUT2D eigenvalue weighted by Crippen LogP contribution is -2.46. The number of hydroxylamine groups is 2. The fourth-order valence-corrected chi connectivity index (χ4v) is 6.58. The van der Waals surface area contributed by atoms with Crippen LogP contribution in [0.3, 0.4) is 0 Å². The minimum atomic E-state index is -3.67. The fourth-order valence-electron chi connectivity index (χ4n) is 4.47. The first kappa shape index (κ1) is 24.9. The van der Waals surface area contributed by atoms with Gasteiger partial charge in [0.05, 0.1) is 25.2 Å². The van der Waals surface area contributed by atoms with Crippen LogP contribution in [-0.4, -0.2) is 62.4 Å². The monoisotopic (exact) mass is 508 g/mol. The molecule has 0 amide bonds. The molecule has 0 saturated carbocycles. The first-order valence-electron chi connectivity index (χ1n) is 11.3. The summed E-state index contributed by atoms with van der Waals surface area (Å²) in [5.41, 5.74) is 0.779. The first-order chi connectivity index (χ1) is 16.3. The number of rotatable bonds is 7. The van der Waals surface area contributed by atoms with Crippen molar-refractivity contribution in [1.82, 2.24) is 9.37 Å². The normalized spacial score (nSPS) is 22.6. The van der Waals surface area contributed by atoms with Gasteiger partial charge in [0.15, 0.2) is 0 Å². The van der Waals surface area contributed by atoms with Gasteiger partial charge >= 0.3 is 5.97 Å². The van der Waals surface area contributed by atoms with E-state index in [2.05, 4.69) is 0 Å². The third-order valence-electron chi connectivity index (χ3n) is 6.25. The molecule has 0 N–H and O–H groups in total. The van der Waals surface area contributed by atoms with Gasteiger partial charge in [-0.2, -0.15) is 5.06 Å². The molecule has 2 aliphatic rings. The second-order valence-corrected chi connectivity index (χ2v) is 11.0. The lowest BCUT2D eigenvalue weighted by Gasteiger charge is -2.33. The van der Waals surface area contributed by atoms with Gasteiger partial charge in [-0.3, -0.25) is 9.63 Å². The maximum Gasteiger partial charge on any atom is 0.309 e. The van der Waals surface area contributed by atoms with Crippen molar-refractivity contribution in [1.29, 1.82) is 0 Å². The maximum atomic E-state index is 13.6. The molecular weight excluding hydrogens is 480 g/mol. The molecule has 0 spiro atoms. The molecule has 2 unspecified atom stereocenters. The van der Waals surface area contributed by atoms with Gasteiger partial charge in [-0.05, 0) is 61.7 Å². The standard InChI is InChI=1S/C24H29ClN2O6S/c1-3-31-24(28)17-11-13-27(14-12-17)34(29,30)22-16-32-26(2)23(22)18-5-4-6-21(15-18)33-20-9-7-19(25)8-10-20/h4-10,15,17,22-23H,3,11-14,16H2,1-2H3. The minimum Gasteiger partial charge on any atom is -0.466 e. The highest BCUT2D eigenvalue weighted by atomic mass is 35.5. The van der Waals surface area contributed by atoms with Crippen LogP contribution in [0.5, 0.6) is 11.5 Å². The third kappa shape index (κ3) is 5.39. The third-order valence-corrected chi connectivity index (χ3v) is 8.75. The Hall–Kier alpha value is -2.17. The molecule has 0 bridgehead atoms. The number of nitrogens with zero attached hydrogens (tertiary/aromatic N) is 2. The van der Waals surface area contributed by atoms with Gasteiger partial charge in [0.1, 0.15) is 16.7 Å². The van der Waals surface area contributed by atoms with Crippen molar-refractivity contribution in [3.05, 3.63) is 59.1 Å². The number of piperidine rings is 1. The van der Waals surface area contributed by atoms with Crippen LogP contribution < -0.4 is 4.74 Å². The highest BCUT2D eigenvalue weighted by Crippen LogP contribution is 2.37. The largest absolute Gasteiger partial charge is 0.466 e. The van der Waals surface area contributed by atoms with Crippen molar-refractivity contribution in [2.45, 2.75) is 31.1 Å². The van der Waals surface area contributed by atoms with E-state index in [1.807, 2.05) is 24.3 Å². The molecule has 10 heteroatoms. The molecular formula is C24H29ClN2O6S. The molecule has 2 atom stereocenters. The van der Waals surface area contributed by atoms with E-state index >= 15 is 0 Å². The fraction of sp³-hybridized carbons (Fsp3) is 0.458. The Labute approximate surface area is 205 Å². The summed E-state index contributed by atoms with van der Waals surface area (Å²) in [6.45, 7) is 2.73. The Bertz CT molecular complexity index is 1100. The van der Waals surface area contributed by atoms with Crippen LogP contribution in [0.15, 0.2) is 48.5 Å². The van der Waals surface area contributed by atoms with Crippen LogP contribution in [0.1, 0.15) is 31.4 Å². The molecule has 4 rings (SSSR count). The average molecular weight is 509 g/mol. The molecule has 2 fully saturated rings. The number of sulfonamides is 1. The molecule has 8 nitrogen and oxygen atoms in total. The van der Waals surface area contributed by atoms with Crippen LogP contribution in [0, 0.1) is 5.92 Å². The van der Waals surface area contributed by atoms with E-state index in [1.54, 1.807) is 43.3 Å². The number of ether oxygens (including phenoxy) is 2. The Morgan fingerprint density at radius 2 is 1.82 bits per heavy atom. The number of esters is 1. The molecule has 0 aliphatic carbocycles. The molecule has 2 saturated heterocycles.